The van der Waals surface area contributed by atoms with Crippen LogP contribution in [0.15, 0.2) is 326 Å². The predicted molar refractivity (Wildman–Crippen MR) is 364 cm³/mol. The van der Waals surface area contributed by atoms with Crippen LogP contribution < -0.4 is 0 Å². The third kappa shape index (κ3) is 6.63. The van der Waals surface area contributed by atoms with Crippen molar-refractivity contribution in [1.82, 2.24) is 0 Å². The Morgan fingerprint density at radius 2 is 0.727 bits per heavy atom. The third-order valence-corrected chi connectivity index (χ3v) is 20.7. The van der Waals surface area contributed by atoms with E-state index < -0.39 is 10.8 Å². The number of nitrogens with zero attached hydrogens (tertiary/aromatic N) is 1. The topological polar surface area (TPSA) is 12.4 Å². The van der Waals surface area contributed by atoms with Crippen molar-refractivity contribution in [2.24, 2.45) is 4.99 Å². The molecule has 1 heteroatoms. The molecule has 0 saturated heterocycles. The monoisotopic (exact) mass is 1120 g/mol. The van der Waals surface area contributed by atoms with Gasteiger partial charge in [-0.3, -0.25) is 4.99 Å². The van der Waals surface area contributed by atoms with Crippen molar-refractivity contribution in [2.75, 3.05) is 0 Å². The number of hydrogen-bond acceptors (Lipinski definition) is 1. The van der Waals surface area contributed by atoms with Gasteiger partial charge in [0.2, 0.25) is 0 Å². The summed E-state index contributed by atoms with van der Waals surface area (Å²) in [6, 6.07) is 109. The fraction of sp³-hybridized carbons (Fsp3) is 0.0690. The molecule has 2 spiro atoms. The van der Waals surface area contributed by atoms with E-state index >= 15 is 0 Å². The SMILES string of the molecule is C=C1/C(=C(\N=C(C)c2ccccc2)c2ccccc2)c2ccccc2C1(c1ccc(-c2cccc3c2C2=C(C=CCC2)C32c3ccccc3-c3ccccc32)cc1)c1ccc(-c2cccc3c2-c2ccccc2C32c3ccccc3-c3ccccc32)cc1. The van der Waals surface area contributed by atoms with Crippen LogP contribution in [0.3, 0.4) is 0 Å². The minimum atomic E-state index is -0.810. The van der Waals surface area contributed by atoms with Crippen LogP contribution >= 0.6 is 0 Å². The summed E-state index contributed by atoms with van der Waals surface area (Å²) in [6.07, 6.45) is 6.88. The van der Waals surface area contributed by atoms with Gasteiger partial charge in [-0.25, -0.2) is 0 Å². The van der Waals surface area contributed by atoms with Gasteiger partial charge in [-0.15, -0.1) is 0 Å². The van der Waals surface area contributed by atoms with Gasteiger partial charge in [-0.05, 0) is 164 Å². The fourth-order valence-corrected chi connectivity index (χ4v) is 17.3. The summed E-state index contributed by atoms with van der Waals surface area (Å²) in [4.78, 5) is 5.67. The summed E-state index contributed by atoms with van der Waals surface area (Å²) >= 11 is 0. The van der Waals surface area contributed by atoms with E-state index in [2.05, 4.69) is 310 Å². The lowest BCUT2D eigenvalue weighted by Crippen LogP contribution is -2.28. The highest BCUT2D eigenvalue weighted by atomic mass is 14.8. The number of rotatable bonds is 7. The van der Waals surface area contributed by atoms with Crippen LogP contribution in [0.5, 0.6) is 0 Å². The quantitative estimate of drug-likeness (QED) is 0.141. The Morgan fingerprint density at radius 1 is 0.341 bits per heavy atom. The zero-order valence-electron chi connectivity index (χ0n) is 48.9. The Kier molecular flexibility index (Phi) is 11.0. The van der Waals surface area contributed by atoms with Crippen molar-refractivity contribution in [1.29, 1.82) is 0 Å². The number of fused-ring (bicyclic) bond motifs is 20. The maximum atomic E-state index is 5.67. The third-order valence-electron chi connectivity index (χ3n) is 20.7. The number of hydrogen-bond donors (Lipinski definition) is 0. The Labute approximate surface area is 515 Å². The number of allylic oxidation sites excluding steroid dienone is 6. The van der Waals surface area contributed by atoms with Crippen LogP contribution in [0.1, 0.15) is 97.7 Å². The second-order valence-electron chi connectivity index (χ2n) is 24.6. The van der Waals surface area contributed by atoms with Crippen LogP contribution in [-0.4, -0.2) is 5.71 Å². The van der Waals surface area contributed by atoms with Gasteiger partial charge >= 0.3 is 0 Å². The molecule has 12 aromatic rings. The molecule has 12 aromatic carbocycles. The molecule has 1 atom stereocenters. The smallest absolute Gasteiger partial charge is 0.0786 e. The molecule has 0 heterocycles. The minimum Gasteiger partial charge on any atom is -0.252 e. The molecule has 0 aliphatic heterocycles. The number of aliphatic imine (C=N–C) groups is 1. The van der Waals surface area contributed by atoms with Gasteiger partial charge in [0.15, 0.2) is 0 Å². The lowest BCUT2D eigenvalue weighted by molar-refractivity contribution is 0.772. The molecular weight excluding hydrogens is 1060 g/mol. The summed E-state index contributed by atoms with van der Waals surface area (Å²) in [5, 5.41) is 0. The highest BCUT2D eigenvalue weighted by Gasteiger charge is 2.55. The van der Waals surface area contributed by atoms with E-state index in [4.69, 9.17) is 11.6 Å². The highest BCUT2D eigenvalue weighted by molar-refractivity contribution is 6.11. The van der Waals surface area contributed by atoms with Gasteiger partial charge in [0.1, 0.15) is 0 Å². The van der Waals surface area contributed by atoms with E-state index in [1.165, 1.54) is 117 Å². The minimum absolute atomic E-state index is 0.384. The molecule has 0 radical (unpaired) electrons. The lowest BCUT2D eigenvalue weighted by atomic mass is 9.67. The molecule has 0 amide bonds. The van der Waals surface area contributed by atoms with Gasteiger partial charge in [0, 0.05) is 16.8 Å². The number of benzene rings is 12. The first-order valence-electron chi connectivity index (χ1n) is 31.1. The van der Waals surface area contributed by atoms with Crippen LogP contribution in [0.25, 0.3) is 72.5 Å². The molecule has 88 heavy (non-hydrogen) atoms. The van der Waals surface area contributed by atoms with Crippen molar-refractivity contribution in [2.45, 2.75) is 36.0 Å². The first-order valence-corrected chi connectivity index (χ1v) is 31.1. The Balaban J connectivity index is 0.839. The van der Waals surface area contributed by atoms with Crippen LogP contribution in [0, 0.1) is 0 Å². The van der Waals surface area contributed by atoms with Crippen molar-refractivity contribution in [3.63, 3.8) is 0 Å². The highest BCUT2D eigenvalue weighted by Crippen LogP contribution is 2.67. The van der Waals surface area contributed by atoms with Crippen LogP contribution in [0.2, 0.25) is 0 Å². The van der Waals surface area contributed by atoms with E-state index in [1.54, 1.807) is 0 Å². The normalized spacial score (nSPS) is 17.6. The zero-order chi connectivity index (χ0) is 58.3. The largest absolute Gasteiger partial charge is 0.252 e. The van der Waals surface area contributed by atoms with Crippen molar-refractivity contribution in [3.8, 4) is 55.6 Å². The van der Waals surface area contributed by atoms with E-state index in [0.717, 1.165) is 63.2 Å². The Bertz CT molecular complexity index is 4990. The molecular formula is C87H59N. The fourth-order valence-electron chi connectivity index (χ4n) is 17.3. The average Bonchev–Trinajstić information content (AvgIpc) is 1.58. The molecule has 18 rings (SSSR count). The molecule has 0 fully saturated rings. The summed E-state index contributed by atoms with van der Waals surface area (Å²) in [6.45, 7) is 7.46. The Hall–Kier alpha value is -10.7. The van der Waals surface area contributed by atoms with Crippen molar-refractivity contribution >= 4 is 22.6 Å². The first-order chi connectivity index (χ1) is 43.5. The molecule has 1 nitrogen and oxygen atoms in total. The van der Waals surface area contributed by atoms with E-state index in [9.17, 15) is 0 Å². The standard InChI is InChI=1S/C87H59N/c1-55-81(84(60-27-7-4-8-28-60)88-56(2)57-25-5-3-6-26-57)69-33-13-20-42-76(69)85(55,61-51-47-58(48-52-61)63-36-23-45-79-82(63)70-34-14-21-43-77(70)86(79)72-38-16-9-29-65(72)66-30-10-17-39-73(66)86)62-53-49-59(50-54-62)64-37-24-46-80-83(64)71-35-15-22-44-78(71)87(80)74-40-18-11-31-67(74)68-32-12-19-41-75(68)87/h3-14,16-34,36-54H,1,15,35H2,2H3/b84-81+,88-56?. The van der Waals surface area contributed by atoms with Crippen molar-refractivity contribution in [3.05, 3.63) is 399 Å². The Morgan fingerprint density at radius 3 is 1.25 bits per heavy atom. The van der Waals surface area contributed by atoms with Crippen LogP contribution in [0.4, 0.5) is 0 Å². The molecule has 6 aliphatic carbocycles. The summed E-state index contributed by atoms with van der Waals surface area (Å²) in [5.74, 6) is 0. The van der Waals surface area contributed by atoms with Gasteiger partial charge < -0.3 is 0 Å². The van der Waals surface area contributed by atoms with Gasteiger partial charge in [-0.1, -0.05) is 310 Å². The van der Waals surface area contributed by atoms with Crippen LogP contribution in [-0.2, 0) is 16.2 Å². The molecule has 0 N–H and O–H groups in total. The molecule has 412 valence electrons. The first kappa shape index (κ1) is 50.6. The zero-order valence-corrected chi connectivity index (χ0v) is 48.9. The van der Waals surface area contributed by atoms with E-state index in [1.807, 2.05) is 0 Å². The molecule has 0 aromatic heterocycles. The van der Waals surface area contributed by atoms with E-state index in [-0.39, 0.29) is 5.41 Å². The van der Waals surface area contributed by atoms with Gasteiger partial charge in [-0.2, -0.15) is 0 Å². The van der Waals surface area contributed by atoms with Crippen molar-refractivity contribution < 1.29 is 0 Å². The molecule has 0 saturated carbocycles. The van der Waals surface area contributed by atoms with Gasteiger partial charge in [0.25, 0.3) is 0 Å². The second-order valence-corrected chi connectivity index (χ2v) is 24.6. The summed E-state index contributed by atoms with van der Waals surface area (Å²) in [7, 11) is 0. The maximum Gasteiger partial charge on any atom is 0.0786 e. The molecule has 0 bridgehead atoms. The van der Waals surface area contributed by atoms with E-state index in [0.29, 0.717) is 0 Å². The maximum absolute atomic E-state index is 5.67. The average molecular weight is 1120 g/mol. The summed E-state index contributed by atoms with van der Waals surface area (Å²) < 4.78 is 0. The molecule has 1 unspecified atom stereocenters. The summed E-state index contributed by atoms with van der Waals surface area (Å²) in [5.41, 5.74) is 35.6. The van der Waals surface area contributed by atoms with Gasteiger partial charge in [0.05, 0.1) is 21.9 Å². The molecule has 6 aliphatic rings. The predicted octanol–water partition coefficient (Wildman–Crippen LogP) is 21.1. The second kappa shape index (κ2) is 19.1. The lowest BCUT2D eigenvalue weighted by Gasteiger charge is -2.34.